The van der Waals surface area contributed by atoms with Crippen molar-refractivity contribution in [2.45, 2.75) is 4.90 Å². The third-order valence-corrected chi connectivity index (χ3v) is 7.24. The van der Waals surface area contributed by atoms with E-state index in [2.05, 4.69) is 14.6 Å². The normalized spacial score (nSPS) is 14.3. The molecule has 3 aromatic rings. The van der Waals surface area contributed by atoms with Crippen LogP contribution in [0, 0.1) is 0 Å². The lowest BCUT2D eigenvalue weighted by Crippen LogP contribution is -2.48. The average molecular weight is 491 g/mol. The highest BCUT2D eigenvalue weighted by Gasteiger charge is 2.23. The first-order valence-electron chi connectivity index (χ1n) is 9.86. The average Bonchev–Trinajstić information content (AvgIpc) is 2.80. The summed E-state index contributed by atoms with van der Waals surface area (Å²) < 4.78 is 28.0. The molecule has 1 fully saturated rings. The van der Waals surface area contributed by atoms with Gasteiger partial charge in [-0.25, -0.2) is 8.42 Å². The molecule has 1 amide bonds. The molecule has 0 unspecified atom stereocenters. The number of piperazine rings is 1. The van der Waals surface area contributed by atoms with Crippen LogP contribution in [-0.4, -0.2) is 50.4 Å². The Bertz CT molecular complexity index is 1230. The van der Waals surface area contributed by atoms with E-state index in [0.29, 0.717) is 31.7 Å². The molecule has 4 rings (SSSR count). The van der Waals surface area contributed by atoms with Crippen LogP contribution >= 0.6 is 23.2 Å². The molecule has 1 aliphatic rings. The molecular weight excluding hydrogens is 471 g/mol. The molecule has 0 radical (unpaired) electrons. The van der Waals surface area contributed by atoms with Crippen LogP contribution in [0.25, 0.3) is 0 Å². The van der Waals surface area contributed by atoms with Crippen molar-refractivity contribution in [2.24, 2.45) is 0 Å². The Labute approximate surface area is 196 Å². The molecule has 32 heavy (non-hydrogen) atoms. The van der Waals surface area contributed by atoms with Crippen LogP contribution in [0.4, 0.5) is 11.4 Å². The van der Waals surface area contributed by atoms with Gasteiger partial charge in [-0.15, -0.1) is 0 Å². The van der Waals surface area contributed by atoms with E-state index in [-0.39, 0.29) is 26.5 Å². The summed E-state index contributed by atoms with van der Waals surface area (Å²) in [6.07, 6.45) is 3.49. The minimum Gasteiger partial charge on any atom is -0.368 e. The second-order valence-electron chi connectivity index (χ2n) is 7.25. The maximum Gasteiger partial charge on any atom is 0.263 e. The van der Waals surface area contributed by atoms with Crippen molar-refractivity contribution in [3.8, 4) is 0 Å². The van der Waals surface area contributed by atoms with Gasteiger partial charge in [-0.2, -0.15) is 0 Å². The number of hydrogen-bond donors (Lipinski definition) is 1. The topological polar surface area (TPSA) is 82.6 Å². The number of aromatic nitrogens is 1. The van der Waals surface area contributed by atoms with Crippen LogP contribution in [0.2, 0.25) is 10.0 Å². The molecule has 7 nitrogen and oxygen atoms in total. The molecule has 2 heterocycles. The number of benzene rings is 2. The molecule has 1 saturated heterocycles. The number of anilines is 2. The number of halogens is 2. The van der Waals surface area contributed by atoms with Crippen LogP contribution in [0.3, 0.4) is 0 Å². The number of amides is 1. The third-order valence-electron chi connectivity index (χ3n) is 5.14. The molecule has 1 N–H and O–H groups in total. The first-order chi connectivity index (χ1) is 15.3. The van der Waals surface area contributed by atoms with Crippen molar-refractivity contribution in [3.05, 3.63) is 82.6 Å². The van der Waals surface area contributed by atoms with Gasteiger partial charge in [0.2, 0.25) is 0 Å². The maximum absolute atomic E-state index is 13.0. The van der Waals surface area contributed by atoms with Gasteiger partial charge in [0.1, 0.15) is 4.90 Å². The first-order valence-corrected chi connectivity index (χ1v) is 12.1. The summed E-state index contributed by atoms with van der Waals surface area (Å²) in [5.74, 6) is -0.152. The zero-order valence-electron chi connectivity index (χ0n) is 16.9. The van der Waals surface area contributed by atoms with E-state index >= 15 is 0 Å². The van der Waals surface area contributed by atoms with E-state index in [1.54, 1.807) is 35.5 Å². The van der Waals surface area contributed by atoms with Gasteiger partial charge in [-0.05, 0) is 48.5 Å². The monoisotopic (exact) mass is 490 g/mol. The van der Waals surface area contributed by atoms with Crippen LogP contribution < -0.4 is 9.62 Å². The fourth-order valence-electron chi connectivity index (χ4n) is 3.51. The highest BCUT2D eigenvalue weighted by molar-refractivity contribution is 7.92. The summed E-state index contributed by atoms with van der Waals surface area (Å²) in [5, 5.41) is 0.311. The van der Waals surface area contributed by atoms with E-state index in [1.165, 1.54) is 24.3 Å². The quantitative estimate of drug-likeness (QED) is 0.580. The first kappa shape index (κ1) is 22.4. The predicted molar refractivity (Wildman–Crippen MR) is 126 cm³/mol. The van der Waals surface area contributed by atoms with Crippen molar-refractivity contribution in [3.63, 3.8) is 0 Å². The zero-order valence-corrected chi connectivity index (χ0v) is 19.2. The Morgan fingerprint density at radius 2 is 1.66 bits per heavy atom. The number of hydrogen-bond acceptors (Lipinski definition) is 5. The lowest BCUT2D eigenvalue weighted by atomic mass is 10.1. The Kier molecular flexibility index (Phi) is 6.55. The lowest BCUT2D eigenvalue weighted by Gasteiger charge is -2.36. The molecule has 0 aliphatic carbocycles. The number of rotatable bonds is 5. The van der Waals surface area contributed by atoms with Crippen molar-refractivity contribution < 1.29 is 13.2 Å². The Hall–Kier alpha value is -2.81. The summed E-state index contributed by atoms with van der Waals surface area (Å²) >= 11 is 12.0. The van der Waals surface area contributed by atoms with Gasteiger partial charge < -0.3 is 9.80 Å². The summed E-state index contributed by atoms with van der Waals surface area (Å²) in [6, 6.07) is 14.5. The maximum atomic E-state index is 13.0. The molecule has 166 valence electrons. The van der Waals surface area contributed by atoms with Crippen molar-refractivity contribution in [1.82, 2.24) is 9.88 Å². The van der Waals surface area contributed by atoms with E-state index in [4.69, 9.17) is 23.2 Å². The van der Waals surface area contributed by atoms with Crippen LogP contribution in [0.15, 0.2) is 71.9 Å². The fourth-order valence-corrected chi connectivity index (χ4v) is 5.33. The zero-order chi connectivity index (χ0) is 22.7. The molecular formula is C22H20Cl2N4O3S. The van der Waals surface area contributed by atoms with Crippen molar-refractivity contribution in [1.29, 1.82) is 0 Å². The van der Waals surface area contributed by atoms with Crippen LogP contribution in [0.5, 0.6) is 0 Å². The van der Waals surface area contributed by atoms with Gasteiger partial charge in [-0.3, -0.25) is 14.5 Å². The minimum absolute atomic E-state index is 0.0567. The van der Waals surface area contributed by atoms with E-state index in [9.17, 15) is 13.2 Å². The summed E-state index contributed by atoms with van der Waals surface area (Å²) in [4.78, 5) is 20.9. The molecule has 1 aromatic heterocycles. The smallest absolute Gasteiger partial charge is 0.263 e. The van der Waals surface area contributed by atoms with Gasteiger partial charge >= 0.3 is 0 Å². The standard InChI is InChI=1S/C22H20Cl2N4O3S/c23-17-4-5-20(24)21(15-17)32(30,31)26-18-3-1-2-16(14-18)22(29)28-12-10-27(11-13-28)19-6-8-25-9-7-19/h1-9,14-15,26H,10-13H2. The second kappa shape index (κ2) is 9.36. The van der Waals surface area contributed by atoms with Gasteiger partial charge in [0.25, 0.3) is 15.9 Å². The third kappa shape index (κ3) is 4.98. The molecule has 0 atom stereocenters. The summed E-state index contributed by atoms with van der Waals surface area (Å²) in [5.41, 5.74) is 1.74. The second-order valence-corrected chi connectivity index (χ2v) is 9.74. The molecule has 0 saturated carbocycles. The number of sulfonamides is 1. The molecule has 0 spiro atoms. The van der Waals surface area contributed by atoms with Gasteiger partial charge in [0.15, 0.2) is 0 Å². The van der Waals surface area contributed by atoms with Crippen molar-refractivity contribution in [2.75, 3.05) is 35.8 Å². The highest BCUT2D eigenvalue weighted by atomic mass is 35.5. The Balaban J connectivity index is 1.46. The van der Waals surface area contributed by atoms with Crippen LogP contribution in [-0.2, 0) is 10.0 Å². The number of pyridine rings is 1. The van der Waals surface area contributed by atoms with E-state index in [0.717, 1.165) is 5.69 Å². The minimum atomic E-state index is -3.97. The van der Waals surface area contributed by atoms with Gasteiger partial charge in [0.05, 0.1) is 5.02 Å². The van der Waals surface area contributed by atoms with Crippen LogP contribution in [0.1, 0.15) is 10.4 Å². The van der Waals surface area contributed by atoms with E-state index in [1.807, 2.05) is 12.1 Å². The number of nitrogens with one attached hydrogen (secondary N) is 1. The van der Waals surface area contributed by atoms with Gasteiger partial charge in [0, 0.05) is 60.5 Å². The fraction of sp³-hybridized carbons (Fsp3) is 0.182. The Morgan fingerprint density at radius 3 is 2.38 bits per heavy atom. The molecule has 2 aromatic carbocycles. The van der Waals surface area contributed by atoms with Gasteiger partial charge in [-0.1, -0.05) is 29.3 Å². The number of carbonyl (C=O) groups is 1. The lowest BCUT2D eigenvalue weighted by molar-refractivity contribution is 0.0747. The summed E-state index contributed by atoms with van der Waals surface area (Å²) in [6.45, 7) is 2.54. The Morgan fingerprint density at radius 1 is 0.938 bits per heavy atom. The molecule has 10 heteroatoms. The van der Waals surface area contributed by atoms with Crippen molar-refractivity contribution >= 4 is 50.5 Å². The van der Waals surface area contributed by atoms with E-state index < -0.39 is 10.0 Å². The molecule has 0 bridgehead atoms. The number of nitrogens with zero attached hydrogens (tertiary/aromatic N) is 3. The highest BCUT2D eigenvalue weighted by Crippen LogP contribution is 2.27. The SMILES string of the molecule is O=C(c1cccc(NS(=O)(=O)c2cc(Cl)ccc2Cl)c1)N1CCN(c2ccncc2)CC1. The predicted octanol–water partition coefficient (Wildman–Crippen LogP) is 4.15. The summed E-state index contributed by atoms with van der Waals surface area (Å²) in [7, 11) is -3.97. The largest absolute Gasteiger partial charge is 0.368 e. The molecule has 1 aliphatic heterocycles. The number of carbonyl (C=O) groups excluding carboxylic acids is 1.